The second-order valence-electron chi connectivity index (χ2n) is 5.39. The van der Waals surface area contributed by atoms with Gasteiger partial charge in [-0.15, -0.1) is 0 Å². The van der Waals surface area contributed by atoms with E-state index in [-0.39, 0.29) is 0 Å². The first kappa shape index (κ1) is 15.0. The third kappa shape index (κ3) is 5.64. The van der Waals surface area contributed by atoms with Gasteiger partial charge in [0.25, 0.3) is 0 Å². The lowest BCUT2D eigenvalue weighted by Gasteiger charge is -2.08. The summed E-state index contributed by atoms with van der Waals surface area (Å²) in [5.74, 6) is 0. The normalized spacial score (nSPS) is 14.8. The van der Waals surface area contributed by atoms with Crippen LogP contribution in [0.15, 0.2) is 22.7 Å². The van der Waals surface area contributed by atoms with Gasteiger partial charge in [-0.25, -0.2) is 0 Å². The van der Waals surface area contributed by atoms with Crippen molar-refractivity contribution in [3.8, 4) is 0 Å². The average molecular weight is 325 g/mol. The van der Waals surface area contributed by atoms with Gasteiger partial charge >= 0.3 is 0 Å². The van der Waals surface area contributed by atoms with Crippen LogP contribution in [-0.2, 0) is 13.0 Å². The molecule has 106 valence electrons. The first-order valence-electron chi connectivity index (χ1n) is 7.51. The maximum absolute atomic E-state index is 3.70. The standard InChI is InChI=1S/C16H25BrN2/c1-2-18-12-13-6-7-14(16(17)11-13)5-3-4-10-19-15-8-9-15/h6-7,11,15,18-19H,2-5,8-10,12H2,1H3. The zero-order valence-corrected chi connectivity index (χ0v) is 13.4. The van der Waals surface area contributed by atoms with Crippen LogP contribution < -0.4 is 10.6 Å². The number of hydrogen-bond donors (Lipinski definition) is 2. The smallest absolute Gasteiger partial charge is 0.0210 e. The molecule has 0 aliphatic heterocycles. The Morgan fingerprint density at radius 1 is 1.26 bits per heavy atom. The highest BCUT2D eigenvalue weighted by molar-refractivity contribution is 9.10. The number of rotatable bonds is 9. The molecule has 2 nitrogen and oxygen atoms in total. The van der Waals surface area contributed by atoms with Crippen LogP contribution in [0.4, 0.5) is 0 Å². The van der Waals surface area contributed by atoms with E-state index in [1.54, 1.807) is 0 Å². The fourth-order valence-corrected chi connectivity index (χ4v) is 2.83. The van der Waals surface area contributed by atoms with Gasteiger partial charge in [0.05, 0.1) is 0 Å². The third-order valence-corrected chi connectivity index (χ3v) is 4.32. The minimum absolute atomic E-state index is 0.845. The van der Waals surface area contributed by atoms with E-state index >= 15 is 0 Å². The Hall–Kier alpha value is -0.380. The van der Waals surface area contributed by atoms with E-state index in [0.717, 1.165) is 19.1 Å². The van der Waals surface area contributed by atoms with Crippen LogP contribution in [-0.4, -0.2) is 19.1 Å². The maximum atomic E-state index is 3.70. The minimum atomic E-state index is 0.845. The van der Waals surface area contributed by atoms with Gasteiger partial charge in [-0.1, -0.05) is 35.0 Å². The molecule has 1 aromatic rings. The molecule has 0 bridgehead atoms. The summed E-state index contributed by atoms with van der Waals surface area (Å²) in [6.07, 6.45) is 6.50. The van der Waals surface area contributed by atoms with Gasteiger partial charge in [0.2, 0.25) is 0 Å². The fourth-order valence-electron chi connectivity index (χ4n) is 2.21. The van der Waals surface area contributed by atoms with Gasteiger partial charge in [0, 0.05) is 17.1 Å². The number of halogens is 1. The van der Waals surface area contributed by atoms with E-state index in [9.17, 15) is 0 Å². The summed E-state index contributed by atoms with van der Waals surface area (Å²) >= 11 is 3.70. The highest BCUT2D eigenvalue weighted by Gasteiger charge is 2.19. The van der Waals surface area contributed by atoms with Crippen molar-refractivity contribution in [3.63, 3.8) is 0 Å². The molecule has 0 radical (unpaired) electrons. The van der Waals surface area contributed by atoms with Crippen molar-refractivity contribution in [2.75, 3.05) is 13.1 Å². The molecule has 0 heterocycles. The van der Waals surface area contributed by atoms with Crippen LogP contribution in [0, 0.1) is 0 Å². The summed E-state index contributed by atoms with van der Waals surface area (Å²) in [7, 11) is 0. The number of hydrogen-bond acceptors (Lipinski definition) is 2. The van der Waals surface area contributed by atoms with Gasteiger partial charge in [0.1, 0.15) is 0 Å². The molecule has 2 rings (SSSR count). The predicted octanol–water partition coefficient (Wildman–Crippen LogP) is 3.63. The fraction of sp³-hybridized carbons (Fsp3) is 0.625. The molecule has 0 spiro atoms. The van der Waals surface area contributed by atoms with Crippen molar-refractivity contribution >= 4 is 15.9 Å². The Kier molecular flexibility index (Phi) is 6.35. The van der Waals surface area contributed by atoms with Crippen molar-refractivity contribution in [2.24, 2.45) is 0 Å². The molecule has 1 aromatic carbocycles. The highest BCUT2D eigenvalue weighted by Crippen LogP contribution is 2.21. The van der Waals surface area contributed by atoms with Crippen LogP contribution in [0.3, 0.4) is 0 Å². The lowest BCUT2D eigenvalue weighted by molar-refractivity contribution is 0.619. The van der Waals surface area contributed by atoms with Crippen LogP contribution in [0.1, 0.15) is 43.7 Å². The Balaban J connectivity index is 1.69. The molecule has 0 saturated heterocycles. The maximum Gasteiger partial charge on any atom is 0.0210 e. The molecule has 1 aliphatic carbocycles. The molecule has 0 unspecified atom stereocenters. The van der Waals surface area contributed by atoms with Crippen LogP contribution in [0.2, 0.25) is 0 Å². The summed E-state index contributed by atoms with van der Waals surface area (Å²) in [5.41, 5.74) is 2.79. The van der Waals surface area contributed by atoms with E-state index in [1.807, 2.05) is 0 Å². The van der Waals surface area contributed by atoms with Crippen molar-refractivity contribution in [1.29, 1.82) is 0 Å². The minimum Gasteiger partial charge on any atom is -0.314 e. The van der Waals surface area contributed by atoms with Gasteiger partial charge in [-0.05, 0) is 62.4 Å². The van der Waals surface area contributed by atoms with Gasteiger partial charge in [-0.2, -0.15) is 0 Å². The molecule has 2 N–H and O–H groups in total. The quantitative estimate of drug-likeness (QED) is 0.678. The molecule has 19 heavy (non-hydrogen) atoms. The van der Waals surface area contributed by atoms with E-state index in [1.165, 1.54) is 54.2 Å². The number of unbranched alkanes of at least 4 members (excludes halogenated alkanes) is 1. The summed E-state index contributed by atoms with van der Waals surface area (Å²) in [5, 5.41) is 6.93. The molecule has 1 saturated carbocycles. The van der Waals surface area contributed by atoms with E-state index < -0.39 is 0 Å². The summed E-state index contributed by atoms with van der Waals surface area (Å²) in [6, 6.07) is 7.61. The summed E-state index contributed by atoms with van der Waals surface area (Å²) < 4.78 is 1.26. The molecule has 0 aromatic heterocycles. The number of benzene rings is 1. The first-order valence-corrected chi connectivity index (χ1v) is 8.30. The Labute approximate surface area is 125 Å². The van der Waals surface area contributed by atoms with Crippen LogP contribution >= 0.6 is 15.9 Å². The zero-order valence-electron chi connectivity index (χ0n) is 11.8. The van der Waals surface area contributed by atoms with Crippen molar-refractivity contribution < 1.29 is 0 Å². The Morgan fingerprint density at radius 2 is 2.11 bits per heavy atom. The van der Waals surface area contributed by atoms with E-state index in [0.29, 0.717) is 0 Å². The molecule has 1 fully saturated rings. The second kappa shape index (κ2) is 8.03. The average Bonchev–Trinajstić information content (AvgIpc) is 3.22. The lowest BCUT2D eigenvalue weighted by atomic mass is 10.1. The first-order chi connectivity index (χ1) is 9.29. The molecular weight excluding hydrogens is 300 g/mol. The van der Waals surface area contributed by atoms with Gasteiger partial charge in [-0.3, -0.25) is 0 Å². The zero-order chi connectivity index (χ0) is 13.5. The number of nitrogens with one attached hydrogen (secondary N) is 2. The monoisotopic (exact) mass is 324 g/mol. The Morgan fingerprint density at radius 3 is 2.79 bits per heavy atom. The third-order valence-electron chi connectivity index (χ3n) is 3.58. The van der Waals surface area contributed by atoms with Gasteiger partial charge < -0.3 is 10.6 Å². The largest absolute Gasteiger partial charge is 0.314 e. The summed E-state index contributed by atoms with van der Waals surface area (Å²) in [4.78, 5) is 0. The molecule has 0 atom stereocenters. The topological polar surface area (TPSA) is 24.1 Å². The molecule has 0 amide bonds. The Bertz CT molecular complexity index is 388. The highest BCUT2D eigenvalue weighted by atomic mass is 79.9. The van der Waals surface area contributed by atoms with Crippen molar-refractivity contribution in [2.45, 2.75) is 51.6 Å². The molecular formula is C16H25BrN2. The second-order valence-corrected chi connectivity index (χ2v) is 6.25. The summed E-state index contributed by atoms with van der Waals surface area (Å²) in [6.45, 7) is 5.30. The van der Waals surface area contributed by atoms with Crippen LogP contribution in [0.5, 0.6) is 0 Å². The molecule has 3 heteroatoms. The van der Waals surface area contributed by atoms with E-state index in [4.69, 9.17) is 0 Å². The van der Waals surface area contributed by atoms with Gasteiger partial charge in [0.15, 0.2) is 0 Å². The number of aryl methyl sites for hydroxylation is 1. The van der Waals surface area contributed by atoms with Crippen molar-refractivity contribution in [3.05, 3.63) is 33.8 Å². The predicted molar refractivity (Wildman–Crippen MR) is 85.5 cm³/mol. The van der Waals surface area contributed by atoms with E-state index in [2.05, 4.69) is 51.7 Å². The van der Waals surface area contributed by atoms with Crippen LogP contribution in [0.25, 0.3) is 0 Å². The van der Waals surface area contributed by atoms with Crippen molar-refractivity contribution in [1.82, 2.24) is 10.6 Å². The lowest BCUT2D eigenvalue weighted by Crippen LogP contribution is -2.17. The SMILES string of the molecule is CCNCc1ccc(CCCCNC2CC2)c(Br)c1. The molecule has 1 aliphatic rings.